The summed E-state index contributed by atoms with van der Waals surface area (Å²) in [4.78, 5) is 14.4. The highest BCUT2D eigenvalue weighted by Gasteiger charge is 2.28. The summed E-state index contributed by atoms with van der Waals surface area (Å²) in [6.07, 6.45) is 4.42. The van der Waals surface area contributed by atoms with Crippen LogP contribution in [0.25, 0.3) is 0 Å². The van der Waals surface area contributed by atoms with Gasteiger partial charge in [-0.05, 0) is 49.9 Å². The minimum Gasteiger partial charge on any atom is -0.491 e. The van der Waals surface area contributed by atoms with E-state index in [1.807, 2.05) is 29.2 Å². The van der Waals surface area contributed by atoms with Crippen molar-refractivity contribution >= 4 is 18.3 Å². The molecule has 0 bridgehead atoms. The molecule has 1 aromatic rings. The Kier molecular flexibility index (Phi) is 6.69. The fourth-order valence-electron chi connectivity index (χ4n) is 3.17. The zero-order valence-electron chi connectivity index (χ0n) is 13.3. The molecule has 0 radical (unpaired) electrons. The largest absolute Gasteiger partial charge is 0.491 e. The van der Waals surface area contributed by atoms with E-state index in [1.165, 1.54) is 0 Å². The van der Waals surface area contributed by atoms with E-state index >= 15 is 0 Å². The average Bonchev–Trinajstić information content (AvgIpc) is 3.23. The van der Waals surface area contributed by atoms with E-state index in [2.05, 4.69) is 0 Å². The number of amides is 1. The van der Waals surface area contributed by atoms with E-state index in [1.54, 1.807) is 0 Å². The maximum Gasteiger partial charge on any atom is 0.254 e. The lowest BCUT2D eigenvalue weighted by molar-refractivity contribution is 0.0678. The molecule has 0 saturated carbocycles. The smallest absolute Gasteiger partial charge is 0.254 e. The topological polar surface area (TPSA) is 64.8 Å². The third-order valence-corrected chi connectivity index (χ3v) is 4.47. The van der Waals surface area contributed by atoms with Gasteiger partial charge in [-0.3, -0.25) is 4.79 Å². The predicted molar refractivity (Wildman–Crippen MR) is 91.3 cm³/mol. The highest BCUT2D eigenvalue weighted by atomic mass is 35.5. The lowest BCUT2D eigenvalue weighted by Crippen LogP contribution is -2.39. The van der Waals surface area contributed by atoms with E-state index in [-0.39, 0.29) is 30.5 Å². The number of hydrogen-bond acceptors (Lipinski definition) is 4. The van der Waals surface area contributed by atoms with Gasteiger partial charge in [-0.2, -0.15) is 0 Å². The van der Waals surface area contributed by atoms with Crippen LogP contribution in [0, 0.1) is 0 Å². The van der Waals surface area contributed by atoms with Crippen LogP contribution in [0.2, 0.25) is 0 Å². The zero-order valence-corrected chi connectivity index (χ0v) is 14.1. The Morgan fingerprint density at radius 3 is 2.70 bits per heavy atom. The summed E-state index contributed by atoms with van der Waals surface area (Å²) in [7, 11) is 0. The van der Waals surface area contributed by atoms with Crippen molar-refractivity contribution in [2.45, 2.75) is 37.8 Å². The molecule has 5 nitrogen and oxygen atoms in total. The third-order valence-electron chi connectivity index (χ3n) is 4.47. The van der Waals surface area contributed by atoms with Crippen LogP contribution >= 0.6 is 12.4 Å². The van der Waals surface area contributed by atoms with Crippen molar-refractivity contribution < 1.29 is 14.3 Å². The molecule has 2 aliphatic rings. The lowest BCUT2D eigenvalue weighted by Gasteiger charge is -2.23. The molecule has 6 heteroatoms. The number of rotatable bonds is 5. The van der Waals surface area contributed by atoms with Crippen LogP contribution in [0.1, 0.15) is 36.0 Å². The van der Waals surface area contributed by atoms with Gasteiger partial charge < -0.3 is 20.1 Å². The van der Waals surface area contributed by atoms with E-state index in [9.17, 15) is 4.79 Å². The molecule has 2 atom stereocenters. The van der Waals surface area contributed by atoms with Crippen LogP contribution in [0.5, 0.6) is 5.75 Å². The maximum absolute atomic E-state index is 12.5. The summed E-state index contributed by atoms with van der Waals surface area (Å²) in [5.74, 6) is 0.850. The Hall–Kier alpha value is -1.30. The second-order valence-corrected chi connectivity index (χ2v) is 6.00. The number of nitrogens with zero attached hydrogens (tertiary/aromatic N) is 1. The number of benzene rings is 1. The Labute approximate surface area is 143 Å². The number of carbonyl (C=O) groups is 1. The van der Waals surface area contributed by atoms with Crippen LogP contribution in [0.15, 0.2) is 24.3 Å². The molecule has 2 heterocycles. The molecule has 2 aliphatic heterocycles. The number of nitrogens with two attached hydrogens (primary N) is 1. The van der Waals surface area contributed by atoms with Crippen molar-refractivity contribution in [3.8, 4) is 5.75 Å². The molecule has 2 unspecified atom stereocenters. The molecule has 0 aromatic heterocycles. The second-order valence-electron chi connectivity index (χ2n) is 6.00. The Morgan fingerprint density at radius 1 is 1.26 bits per heavy atom. The Balaban J connectivity index is 0.00000192. The number of ether oxygens (including phenoxy) is 2. The maximum atomic E-state index is 12.5. The molecule has 2 fully saturated rings. The molecule has 3 rings (SSSR count). The molecule has 23 heavy (non-hydrogen) atoms. The van der Waals surface area contributed by atoms with Crippen molar-refractivity contribution in [3.05, 3.63) is 29.8 Å². The van der Waals surface area contributed by atoms with Gasteiger partial charge in [0, 0.05) is 31.3 Å². The molecule has 2 N–H and O–H groups in total. The van der Waals surface area contributed by atoms with E-state index < -0.39 is 0 Å². The predicted octanol–water partition coefficient (Wildman–Crippen LogP) is 2.23. The number of hydrogen-bond donors (Lipinski definition) is 1. The van der Waals surface area contributed by atoms with Gasteiger partial charge >= 0.3 is 0 Å². The van der Waals surface area contributed by atoms with Gasteiger partial charge in [0.2, 0.25) is 0 Å². The fraction of sp³-hybridized carbons (Fsp3) is 0.588. The number of likely N-dealkylation sites (tertiary alicyclic amines) is 1. The van der Waals surface area contributed by atoms with Crippen molar-refractivity contribution in [1.29, 1.82) is 0 Å². The van der Waals surface area contributed by atoms with Crippen LogP contribution in [0.4, 0.5) is 0 Å². The van der Waals surface area contributed by atoms with Crippen molar-refractivity contribution in [1.82, 2.24) is 4.90 Å². The zero-order chi connectivity index (χ0) is 15.4. The van der Waals surface area contributed by atoms with Gasteiger partial charge in [0.25, 0.3) is 5.91 Å². The highest BCUT2D eigenvalue weighted by molar-refractivity contribution is 5.94. The molecule has 0 spiro atoms. The van der Waals surface area contributed by atoms with E-state index in [0.717, 1.165) is 44.6 Å². The molecule has 1 amide bonds. The molecular formula is C17H25ClN2O3. The first-order valence-electron chi connectivity index (χ1n) is 8.13. The third kappa shape index (κ3) is 4.37. The summed E-state index contributed by atoms with van der Waals surface area (Å²) in [6, 6.07) is 7.56. The minimum absolute atomic E-state index is 0. The Morgan fingerprint density at radius 2 is 2.04 bits per heavy atom. The summed E-state index contributed by atoms with van der Waals surface area (Å²) in [5.41, 5.74) is 6.44. The number of carbonyl (C=O) groups excluding carboxylic acids is 1. The van der Waals surface area contributed by atoms with Gasteiger partial charge in [0.1, 0.15) is 12.4 Å². The summed E-state index contributed by atoms with van der Waals surface area (Å²) in [6.45, 7) is 2.75. The molecule has 128 valence electrons. The van der Waals surface area contributed by atoms with Crippen molar-refractivity contribution in [2.24, 2.45) is 5.73 Å². The number of halogens is 1. The van der Waals surface area contributed by atoms with E-state index in [4.69, 9.17) is 15.2 Å². The van der Waals surface area contributed by atoms with Crippen LogP contribution in [0.3, 0.4) is 0 Å². The fourth-order valence-corrected chi connectivity index (χ4v) is 3.17. The molecule has 0 aliphatic carbocycles. The van der Waals surface area contributed by atoms with Crippen molar-refractivity contribution in [3.63, 3.8) is 0 Å². The summed E-state index contributed by atoms with van der Waals surface area (Å²) < 4.78 is 11.3. The quantitative estimate of drug-likeness (QED) is 0.892. The van der Waals surface area contributed by atoms with Crippen LogP contribution in [-0.4, -0.2) is 49.3 Å². The normalized spacial score (nSPS) is 23.6. The highest BCUT2D eigenvalue weighted by Crippen LogP contribution is 2.21. The lowest BCUT2D eigenvalue weighted by atomic mass is 10.1. The molecule has 1 aromatic carbocycles. The standard InChI is InChI=1S/C17H24N2O3.ClH/c18-11-14-3-1-9-19(14)17(20)13-5-7-15(8-6-13)22-12-16-4-2-10-21-16;/h5-8,14,16H,1-4,9-12,18H2;1H. The second kappa shape index (κ2) is 8.52. The van der Waals surface area contributed by atoms with Gasteiger partial charge in [-0.1, -0.05) is 0 Å². The van der Waals surface area contributed by atoms with Crippen LogP contribution < -0.4 is 10.5 Å². The van der Waals surface area contributed by atoms with Crippen LogP contribution in [-0.2, 0) is 4.74 Å². The SMILES string of the molecule is Cl.NCC1CCCN1C(=O)c1ccc(OCC2CCCO2)cc1. The van der Waals surface area contributed by atoms with Crippen molar-refractivity contribution in [2.75, 3.05) is 26.3 Å². The summed E-state index contributed by atoms with van der Waals surface area (Å²) >= 11 is 0. The van der Waals surface area contributed by atoms with Gasteiger partial charge in [0.05, 0.1) is 6.10 Å². The summed E-state index contributed by atoms with van der Waals surface area (Å²) in [5, 5.41) is 0. The first-order valence-corrected chi connectivity index (χ1v) is 8.13. The average molecular weight is 341 g/mol. The van der Waals surface area contributed by atoms with Gasteiger partial charge in [0.15, 0.2) is 0 Å². The first-order chi connectivity index (χ1) is 10.8. The Bertz CT molecular complexity index is 503. The van der Waals surface area contributed by atoms with Gasteiger partial charge in [-0.25, -0.2) is 0 Å². The monoisotopic (exact) mass is 340 g/mol. The van der Waals surface area contributed by atoms with Gasteiger partial charge in [-0.15, -0.1) is 12.4 Å². The van der Waals surface area contributed by atoms with E-state index in [0.29, 0.717) is 18.7 Å². The minimum atomic E-state index is 0. The molecule has 2 saturated heterocycles. The first kappa shape index (κ1) is 18.0. The molecular weight excluding hydrogens is 316 g/mol.